The Kier molecular flexibility index (Phi) is 5.02. The maximum atomic E-state index is 13.0. The summed E-state index contributed by atoms with van der Waals surface area (Å²) in [5.74, 6) is 1.19. The molecule has 7 heteroatoms. The summed E-state index contributed by atoms with van der Waals surface area (Å²) < 4.78 is 0. The van der Waals surface area contributed by atoms with Gasteiger partial charge in [0.05, 0.1) is 0 Å². The van der Waals surface area contributed by atoms with Gasteiger partial charge in [0.15, 0.2) is 5.60 Å². The predicted octanol–water partition coefficient (Wildman–Crippen LogP) is 2.74. The summed E-state index contributed by atoms with van der Waals surface area (Å²) in [4.78, 5) is 25.9. The molecule has 1 amide bonds. The fourth-order valence-electron chi connectivity index (χ4n) is 4.20. The van der Waals surface area contributed by atoms with Crippen LogP contribution < -0.4 is 4.90 Å². The first-order valence-electron chi connectivity index (χ1n) is 9.74. The Labute approximate surface area is 170 Å². The summed E-state index contributed by atoms with van der Waals surface area (Å²) in [6.07, 6.45) is 3.77. The van der Waals surface area contributed by atoms with Gasteiger partial charge in [-0.2, -0.15) is 0 Å². The summed E-state index contributed by atoms with van der Waals surface area (Å²) in [7, 11) is 0. The number of hydrogen-bond donors (Lipinski definition) is 1. The van der Waals surface area contributed by atoms with E-state index in [2.05, 4.69) is 21.8 Å². The van der Waals surface area contributed by atoms with E-state index >= 15 is 0 Å². The number of aliphatic hydroxyl groups is 1. The van der Waals surface area contributed by atoms with Crippen LogP contribution in [-0.2, 0) is 16.8 Å². The van der Waals surface area contributed by atoms with E-state index in [1.807, 2.05) is 0 Å². The summed E-state index contributed by atoms with van der Waals surface area (Å²) in [6, 6.07) is 6.77. The lowest BCUT2D eigenvalue weighted by Gasteiger charge is -2.39. The van der Waals surface area contributed by atoms with Gasteiger partial charge in [-0.25, -0.2) is 9.97 Å². The van der Waals surface area contributed by atoms with Crippen molar-refractivity contribution in [2.45, 2.75) is 38.2 Å². The number of amides is 1. The maximum Gasteiger partial charge on any atom is 0.259 e. The number of piperazine rings is 1. The molecule has 1 aromatic heterocycles. The van der Waals surface area contributed by atoms with Gasteiger partial charge in [0, 0.05) is 42.5 Å². The molecule has 2 aromatic rings. The Balaban J connectivity index is 1.47. The highest BCUT2D eigenvalue weighted by molar-refractivity contribution is 6.30. The zero-order chi connectivity index (χ0) is 19.9. The number of halogens is 1. The highest BCUT2D eigenvalue weighted by Crippen LogP contribution is 2.37. The molecule has 0 bridgehead atoms. The zero-order valence-corrected chi connectivity index (χ0v) is 17.0. The first kappa shape index (κ1) is 19.2. The van der Waals surface area contributed by atoms with Gasteiger partial charge in [0.1, 0.15) is 12.1 Å². The van der Waals surface area contributed by atoms with Crippen LogP contribution >= 0.6 is 11.6 Å². The Morgan fingerprint density at radius 1 is 1.18 bits per heavy atom. The lowest BCUT2D eigenvalue weighted by Crippen LogP contribution is -2.54. The molecule has 1 saturated heterocycles. The van der Waals surface area contributed by atoms with E-state index in [1.165, 1.54) is 5.56 Å². The van der Waals surface area contributed by atoms with E-state index in [1.54, 1.807) is 42.4 Å². The lowest BCUT2D eigenvalue weighted by atomic mass is 9.94. The molecule has 2 aliphatic rings. The Bertz CT molecular complexity index is 876. The molecule has 1 aromatic carbocycles. The van der Waals surface area contributed by atoms with E-state index in [0.29, 0.717) is 42.7 Å². The van der Waals surface area contributed by atoms with Crippen molar-refractivity contribution in [3.63, 3.8) is 0 Å². The molecule has 2 heterocycles. The standard InChI is InChI=1S/C21H25ClN4O2/c1-14-3-8-17-18(14)19(24-13-23-17)25-9-11-26(12-10-25)20(27)21(2,28)15-4-6-16(22)7-5-15/h4-7,13-14,28H,3,8-12H2,1-2H3/t14-,21?/m1/s1. The molecule has 2 atom stereocenters. The van der Waals surface area contributed by atoms with Crippen molar-refractivity contribution in [1.82, 2.24) is 14.9 Å². The monoisotopic (exact) mass is 400 g/mol. The third-order valence-electron chi connectivity index (χ3n) is 5.94. The van der Waals surface area contributed by atoms with Gasteiger partial charge < -0.3 is 14.9 Å². The van der Waals surface area contributed by atoms with E-state index in [9.17, 15) is 9.90 Å². The lowest BCUT2D eigenvalue weighted by molar-refractivity contribution is -0.150. The van der Waals surface area contributed by atoms with Crippen LogP contribution in [0.15, 0.2) is 30.6 Å². The van der Waals surface area contributed by atoms with Crippen LogP contribution in [0.4, 0.5) is 5.82 Å². The number of aryl methyl sites for hydroxylation is 1. The number of carbonyl (C=O) groups excluding carboxylic acids is 1. The molecule has 28 heavy (non-hydrogen) atoms. The van der Waals surface area contributed by atoms with E-state index in [0.717, 1.165) is 24.4 Å². The Morgan fingerprint density at radius 2 is 1.86 bits per heavy atom. The second-order valence-electron chi connectivity index (χ2n) is 7.86. The number of benzene rings is 1. The van der Waals surface area contributed by atoms with Gasteiger partial charge in [-0.15, -0.1) is 0 Å². The molecular formula is C21H25ClN4O2. The van der Waals surface area contributed by atoms with Crippen LogP contribution in [0.2, 0.25) is 5.02 Å². The van der Waals surface area contributed by atoms with E-state index in [4.69, 9.17) is 11.6 Å². The predicted molar refractivity (Wildman–Crippen MR) is 109 cm³/mol. The molecular weight excluding hydrogens is 376 g/mol. The minimum Gasteiger partial charge on any atom is -0.376 e. The highest BCUT2D eigenvalue weighted by atomic mass is 35.5. The van der Waals surface area contributed by atoms with Gasteiger partial charge in [-0.3, -0.25) is 4.79 Å². The SMILES string of the molecule is C[C@@H]1CCc2ncnc(N3CCN(C(=O)C(C)(O)c4ccc(Cl)cc4)CC3)c21. The van der Waals surface area contributed by atoms with E-state index in [-0.39, 0.29) is 5.91 Å². The largest absolute Gasteiger partial charge is 0.376 e. The van der Waals surface area contributed by atoms with Crippen molar-refractivity contribution in [3.05, 3.63) is 52.4 Å². The van der Waals surface area contributed by atoms with Gasteiger partial charge >= 0.3 is 0 Å². The minimum atomic E-state index is -1.57. The van der Waals surface area contributed by atoms with Crippen molar-refractivity contribution in [2.24, 2.45) is 0 Å². The van der Waals surface area contributed by atoms with Crippen LogP contribution in [-0.4, -0.2) is 52.1 Å². The average molecular weight is 401 g/mol. The first-order valence-corrected chi connectivity index (χ1v) is 10.1. The molecule has 1 unspecified atom stereocenters. The second-order valence-corrected chi connectivity index (χ2v) is 8.29. The van der Waals surface area contributed by atoms with Crippen molar-refractivity contribution in [2.75, 3.05) is 31.1 Å². The smallest absolute Gasteiger partial charge is 0.259 e. The van der Waals surface area contributed by atoms with Crippen molar-refractivity contribution in [3.8, 4) is 0 Å². The topological polar surface area (TPSA) is 69.6 Å². The number of carbonyl (C=O) groups is 1. The normalized spacial score (nSPS) is 21.4. The average Bonchev–Trinajstić information content (AvgIpc) is 3.09. The van der Waals surface area contributed by atoms with Crippen molar-refractivity contribution >= 4 is 23.3 Å². The molecule has 1 N–H and O–H groups in total. The second kappa shape index (κ2) is 7.33. The number of anilines is 1. The van der Waals surface area contributed by atoms with Crippen molar-refractivity contribution < 1.29 is 9.90 Å². The summed E-state index contributed by atoms with van der Waals surface area (Å²) in [6.45, 7) is 6.26. The summed E-state index contributed by atoms with van der Waals surface area (Å²) in [5.41, 5.74) is 1.39. The molecule has 0 spiro atoms. The summed E-state index contributed by atoms with van der Waals surface area (Å²) in [5, 5.41) is 11.4. The number of rotatable bonds is 3. The highest BCUT2D eigenvalue weighted by Gasteiger charge is 2.38. The summed E-state index contributed by atoms with van der Waals surface area (Å²) >= 11 is 5.92. The quantitative estimate of drug-likeness (QED) is 0.857. The minimum absolute atomic E-state index is 0.282. The van der Waals surface area contributed by atoms with Gasteiger partial charge in [-0.1, -0.05) is 30.7 Å². The molecule has 6 nitrogen and oxygen atoms in total. The fraction of sp³-hybridized carbons (Fsp3) is 0.476. The van der Waals surface area contributed by atoms with Crippen LogP contribution in [0, 0.1) is 0 Å². The van der Waals surface area contributed by atoms with Gasteiger partial charge in [-0.05, 0) is 43.4 Å². The molecule has 0 saturated carbocycles. The number of nitrogens with zero attached hydrogens (tertiary/aromatic N) is 4. The van der Waals surface area contributed by atoms with Crippen LogP contribution in [0.3, 0.4) is 0 Å². The molecule has 1 aliphatic carbocycles. The molecule has 4 rings (SSSR count). The third-order valence-corrected chi connectivity index (χ3v) is 6.19. The Hall–Kier alpha value is -2.18. The first-order chi connectivity index (χ1) is 13.4. The number of hydrogen-bond acceptors (Lipinski definition) is 5. The van der Waals surface area contributed by atoms with Crippen LogP contribution in [0.25, 0.3) is 0 Å². The number of aromatic nitrogens is 2. The van der Waals surface area contributed by atoms with Crippen molar-refractivity contribution in [1.29, 1.82) is 0 Å². The zero-order valence-electron chi connectivity index (χ0n) is 16.2. The third kappa shape index (κ3) is 3.35. The van der Waals surface area contributed by atoms with Crippen LogP contribution in [0.1, 0.15) is 43.0 Å². The van der Waals surface area contributed by atoms with Gasteiger partial charge in [0.2, 0.25) is 0 Å². The van der Waals surface area contributed by atoms with Gasteiger partial charge in [0.25, 0.3) is 5.91 Å². The van der Waals surface area contributed by atoms with Crippen LogP contribution in [0.5, 0.6) is 0 Å². The Morgan fingerprint density at radius 3 is 2.54 bits per heavy atom. The molecule has 1 fully saturated rings. The fourth-order valence-corrected chi connectivity index (χ4v) is 4.33. The van der Waals surface area contributed by atoms with E-state index < -0.39 is 5.60 Å². The molecule has 148 valence electrons. The maximum absolute atomic E-state index is 13.0. The molecule has 0 radical (unpaired) electrons. The molecule has 1 aliphatic heterocycles. The number of fused-ring (bicyclic) bond motifs is 1.